The number of carbonyl (C=O) groups is 1. The van der Waals surface area contributed by atoms with Gasteiger partial charge < -0.3 is 12.3 Å². The van der Waals surface area contributed by atoms with E-state index in [-0.39, 0.29) is 36.7 Å². The molecule has 0 amide bonds. The first-order chi connectivity index (χ1) is 8.68. The molecule has 0 aliphatic heterocycles. The summed E-state index contributed by atoms with van der Waals surface area (Å²) in [5.41, 5.74) is 5.28. The third-order valence-corrected chi connectivity index (χ3v) is 3.17. The fourth-order valence-corrected chi connectivity index (χ4v) is 1.98. The van der Waals surface area contributed by atoms with Gasteiger partial charge in [-0.15, -0.1) is 0 Å². The molecule has 0 saturated carbocycles. The van der Waals surface area contributed by atoms with Gasteiger partial charge in [0.2, 0.25) is 0 Å². The van der Waals surface area contributed by atoms with Crippen LogP contribution in [-0.4, -0.2) is 11.1 Å². The minimum atomic E-state index is -1.01. The first kappa shape index (κ1) is 21.3. The number of aliphatic carboxylic acids is 1. The van der Waals surface area contributed by atoms with Crippen molar-refractivity contribution in [1.82, 2.24) is 0 Å². The Morgan fingerprint density at radius 3 is 1.84 bits per heavy atom. The molecule has 3 N–H and O–H groups in total. The minimum Gasteiger partial charge on any atom is -1.00 e. The van der Waals surface area contributed by atoms with E-state index in [4.69, 9.17) is 10.8 Å². The van der Waals surface area contributed by atoms with Gasteiger partial charge in [-0.3, -0.25) is 0 Å². The van der Waals surface area contributed by atoms with E-state index in [1.807, 2.05) is 0 Å². The molecule has 0 aromatic carbocycles. The summed E-state index contributed by atoms with van der Waals surface area (Å²) < 4.78 is 0. The summed E-state index contributed by atoms with van der Waals surface area (Å²) in [6.07, 6.45) is 15.4. The van der Waals surface area contributed by atoms with Crippen molar-refractivity contribution in [2.24, 2.45) is 5.73 Å². The van der Waals surface area contributed by atoms with Gasteiger partial charge in [0.15, 0.2) is 0 Å². The summed E-state index contributed by atoms with van der Waals surface area (Å²) in [4.78, 5) is 10.4. The Morgan fingerprint density at radius 1 is 1.00 bits per heavy atom. The Hall–Kier alpha value is 0.0100. The summed E-state index contributed by atoms with van der Waals surface area (Å²) in [5.74, 6) is -1.01. The van der Waals surface area contributed by atoms with Crippen LogP contribution >= 0.6 is 0 Å². The summed E-state index contributed by atoms with van der Waals surface area (Å²) in [7, 11) is 0. The van der Waals surface area contributed by atoms with Gasteiger partial charge in [-0.1, -0.05) is 70.8 Å². The third kappa shape index (κ3) is 16.0. The van der Waals surface area contributed by atoms with Crippen LogP contribution in [-0.2, 0) is 4.79 Å². The van der Waals surface area contributed by atoms with Crippen molar-refractivity contribution in [3.05, 3.63) is 11.8 Å². The van der Waals surface area contributed by atoms with E-state index in [9.17, 15) is 4.79 Å². The zero-order chi connectivity index (χ0) is 13.6. The van der Waals surface area contributed by atoms with Gasteiger partial charge in [-0.25, -0.2) is 4.79 Å². The van der Waals surface area contributed by atoms with E-state index < -0.39 is 5.97 Å². The number of rotatable bonds is 12. The Morgan fingerprint density at radius 2 is 1.42 bits per heavy atom. The fourth-order valence-electron chi connectivity index (χ4n) is 1.98. The van der Waals surface area contributed by atoms with Crippen LogP contribution in [0.25, 0.3) is 0 Å². The summed E-state index contributed by atoms with van der Waals surface area (Å²) in [6, 6.07) is 0. The second-order valence-corrected chi connectivity index (χ2v) is 4.94. The number of carboxylic acid groups (broad SMARTS) is 1. The van der Waals surface area contributed by atoms with Gasteiger partial charge in [0, 0.05) is 0 Å². The van der Waals surface area contributed by atoms with Crippen molar-refractivity contribution in [2.45, 2.75) is 77.6 Å². The number of nitrogens with two attached hydrogens (primary N) is 1. The van der Waals surface area contributed by atoms with Gasteiger partial charge in [-0.05, 0) is 12.8 Å². The smallest absolute Gasteiger partial charge is 1.00 e. The number of unbranched alkanes of at least 4 members (excludes halogenated alkanes) is 10. The molecule has 0 aromatic heterocycles. The molecule has 4 heteroatoms. The van der Waals surface area contributed by atoms with Crippen LogP contribution < -0.4 is 35.3 Å². The quantitative estimate of drug-likeness (QED) is 0.322. The zero-order valence-corrected chi connectivity index (χ0v) is 14.8. The predicted molar refractivity (Wildman–Crippen MR) is 77.5 cm³/mol. The zero-order valence-electron chi connectivity index (χ0n) is 13.8. The van der Waals surface area contributed by atoms with Crippen LogP contribution in [0.2, 0.25) is 0 Å². The van der Waals surface area contributed by atoms with Crippen molar-refractivity contribution in [1.29, 1.82) is 0 Å². The summed E-state index contributed by atoms with van der Waals surface area (Å²) in [6.45, 7) is 2.24. The van der Waals surface area contributed by atoms with Crippen LogP contribution in [0, 0.1) is 0 Å². The van der Waals surface area contributed by atoms with Gasteiger partial charge >= 0.3 is 35.5 Å². The number of hydrogen-bond donors (Lipinski definition) is 2. The standard InChI is InChI=1S/C15H29NO2.Na.H/c1-2-3-4-5-6-7-8-9-10-11-12-13-14(16)15(17)18;;/h13H,2-12,16H2,1H3,(H,17,18);;/q;+1;-1. The Labute approximate surface area is 141 Å². The molecule has 0 saturated heterocycles. The van der Waals surface area contributed by atoms with Crippen LogP contribution in [0.3, 0.4) is 0 Å². The molecule has 3 nitrogen and oxygen atoms in total. The summed E-state index contributed by atoms with van der Waals surface area (Å²) in [5, 5.41) is 8.55. The molecule has 0 aliphatic rings. The first-order valence-corrected chi connectivity index (χ1v) is 7.37. The van der Waals surface area contributed by atoms with E-state index in [0.29, 0.717) is 0 Å². The maximum absolute atomic E-state index is 10.4. The molecule has 0 spiro atoms. The Bertz CT molecular complexity index is 248. The molecule has 108 valence electrons. The van der Waals surface area contributed by atoms with Crippen molar-refractivity contribution in [3.8, 4) is 0 Å². The number of hydrogen-bond acceptors (Lipinski definition) is 2. The number of allylic oxidation sites excluding steroid dienone is 1. The minimum absolute atomic E-state index is 0. The van der Waals surface area contributed by atoms with Crippen LogP contribution in [0.5, 0.6) is 0 Å². The van der Waals surface area contributed by atoms with E-state index in [0.717, 1.165) is 12.8 Å². The van der Waals surface area contributed by atoms with Gasteiger partial charge in [0.1, 0.15) is 5.70 Å². The summed E-state index contributed by atoms with van der Waals surface area (Å²) >= 11 is 0. The van der Waals surface area contributed by atoms with Crippen molar-refractivity contribution in [3.63, 3.8) is 0 Å². The molecule has 0 fully saturated rings. The molecular formula is C15H30NNaO2. The van der Waals surface area contributed by atoms with E-state index >= 15 is 0 Å². The normalized spacial score (nSPS) is 11.1. The maximum atomic E-state index is 10.4. The monoisotopic (exact) mass is 279 g/mol. The average Bonchev–Trinajstić information content (AvgIpc) is 2.35. The second-order valence-electron chi connectivity index (χ2n) is 4.94. The largest absolute Gasteiger partial charge is 1.00 e. The van der Waals surface area contributed by atoms with Crippen molar-refractivity contribution < 1.29 is 40.9 Å². The fraction of sp³-hybridized carbons (Fsp3) is 0.800. The van der Waals surface area contributed by atoms with Crippen LogP contribution in [0.15, 0.2) is 11.8 Å². The Kier molecular flexibility index (Phi) is 18.0. The second kappa shape index (κ2) is 16.1. The molecule has 0 atom stereocenters. The molecule has 0 rings (SSSR count). The number of carboxylic acids is 1. The topological polar surface area (TPSA) is 63.3 Å². The predicted octanol–water partition coefficient (Wildman–Crippen LogP) is 1.34. The molecule has 0 heterocycles. The average molecular weight is 279 g/mol. The van der Waals surface area contributed by atoms with Crippen LogP contribution in [0.1, 0.15) is 79.0 Å². The van der Waals surface area contributed by atoms with Crippen molar-refractivity contribution in [2.75, 3.05) is 0 Å². The van der Waals surface area contributed by atoms with E-state index in [2.05, 4.69) is 6.92 Å². The van der Waals surface area contributed by atoms with Crippen molar-refractivity contribution >= 4 is 5.97 Å². The van der Waals surface area contributed by atoms with Gasteiger partial charge in [-0.2, -0.15) is 0 Å². The molecule has 0 radical (unpaired) electrons. The van der Waals surface area contributed by atoms with Crippen LogP contribution in [0.4, 0.5) is 0 Å². The SMILES string of the molecule is CCCCCCCCCCCCC=C(N)C(=O)O.[H-].[Na+]. The van der Waals surface area contributed by atoms with E-state index in [1.165, 1.54) is 57.8 Å². The van der Waals surface area contributed by atoms with E-state index in [1.54, 1.807) is 6.08 Å². The molecular weight excluding hydrogens is 249 g/mol. The molecule has 19 heavy (non-hydrogen) atoms. The Balaban J connectivity index is -0.00000144. The molecule has 0 unspecified atom stereocenters. The molecule has 0 bridgehead atoms. The van der Waals surface area contributed by atoms with Gasteiger partial charge in [0.05, 0.1) is 0 Å². The molecule has 0 aromatic rings. The maximum Gasteiger partial charge on any atom is 1.00 e. The third-order valence-electron chi connectivity index (χ3n) is 3.17. The molecule has 0 aliphatic carbocycles. The first-order valence-electron chi connectivity index (χ1n) is 7.37. The van der Waals surface area contributed by atoms with Gasteiger partial charge in [0.25, 0.3) is 0 Å².